The van der Waals surface area contributed by atoms with Gasteiger partial charge in [0, 0.05) is 30.8 Å². The summed E-state index contributed by atoms with van der Waals surface area (Å²) in [5.74, 6) is -0.407. The minimum absolute atomic E-state index is 0.0252. The lowest BCUT2D eigenvalue weighted by Gasteiger charge is -2.36. The van der Waals surface area contributed by atoms with Crippen molar-refractivity contribution in [1.82, 2.24) is 15.5 Å². The normalized spacial score (nSPS) is 15.2. The monoisotopic (exact) mass is 435 g/mol. The number of nitrogens with zero attached hydrogens (tertiary/aromatic N) is 1. The topological polar surface area (TPSA) is 78.5 Å². The first-order valence-corrected chi connectivity index (χ1v) is 11.4. The number of rotatable bonds is 7. The van der Waals surface area contributed by atoms with Crippen molar-refractivity contribution < 1.29 is 14.4 Å². The number of likely N-dealkylation sites (tertiary alicyclic amines) is 1. The summed E-state index contributed by atoms with van der Waals surface area (Å²) in [5.41, 5.74) is 3.29. The Morgan fingerprint density at radius 3 is 2.28 bits per heavy atom. The molecule has 0 radical (unpaired) electrons. The molecule has 170 valence electrons. The van der Waals surface area contributed by atoms with Crippen LogP contribution >= 0.6 is 0 Å². The summed E-state index contributed by atoms with van der Waals surface area (Å²) in [6.45, 7) is 7.60. The molecule has 3 amide bonds. The van der Waals surface area contributed by atoms with Gasteiger partial charge in [0.25, 0.3) is 11.8 Å². The van der Waals surface area contributed by atoms with Crippen LogP contribution in [0, 0.1) is 19.8 Å². The van der Waals surface area contributed by atoms with Crippen molar-refractivity contribution in [1.29, 1.82) is 0 Å². The fraction of sp³-hybridized carbons (Fsp3) is 0.423. The predicted octanol–water partition coefficient (Wildman–Crippen LogP) is 3.48. The summed E-state index contributed by atoms with van der Waals surface area (Å²) < 4.78 is 0. The first kappa shape index (κ1) is 23.5. The highest BCUT2D eigenvalue weighted by Crippen LogP contribution is 2.23. The molecule has 1 fully saturated rings. The first-order valence-electron chi connectivity index (χ1n) is 11.4. The molecule has 1 aliphatic heterocycles. The van der Waals surface area contributed by atoms with Crippen LogP contribution in [0.3, 0.4) is 0 Å². The van der Waals surface area contributed by atoms with E-state index in [1.54, 1.807) is 12.1 Å². The lowest BCUT2D eigenvalue weighted by molar-refractivity contribution is -0.124. The van der Waals surface area contributed by atoms with Gasteiger partial charge in [-0.2, -0.15) is 0 Å². The van der Waals surface area contributed by atoms with Crippen LogP contribution in [-0.2, 0) is 4.79 Å². The van der Waals surface area contributed by atoms with E-state index in [-0.39, 0.29) is 23.6 Å². The second-order valence-electron chi connectivity index (χ2n) is 8.55. The van der Waals surface area contributed by atoms with Gasteiger partial charge >= 0.3 is 0 Å². The molecule has 0 aliphatic carbocycles. The smallest absolute Gasteiger partial charge is 0.254 e. The highest BCUT2D eigenvalue weighted by atomic mass is 16.2. The Balaban J connectivity index is 1.68. The quantitative estimate of drug-likeness (QED) is 0.699. The van der Waals surface area contributed by atoms with Crippen LogP contribution in [0.2, 0.25) is 0 Å². The Bertz CT molecular complexity index is 947. The number of carbonyl (C=O) groups is 3. The number of hydrogen-bond donors (Lipinski definition) is 2. The third kappa shape index (κ3) is 5.75. The number of benzene rings is 2. The molecule has 0 unspecified atom stereocenters. The summed E-state index contributed by atoms with van der Waals surface area (Å²) in [4.78, 5) is 40.5. The molecular formula is C26H33N3O3. The zero-order valence-electron chi connectivity index (χ0n) is 19.2. The van der Waals surface area contributed by atoms with Crippen LogP contribution in [0.25, 0.3) is 0 Å². The van der Waals surface area contributed by atoms with E-state index >= 15 is 0 Å². The van der Waals surface area contributed by atoms with E-state index in [9.17, 15) is 14.4 Å². The number of aryl methyl sites for hydroxylation is 2. The van der Waals surface area contributed by atoms with E-state index < -0.39 is 6.04 Å². The van der Waals surface area contributed by atoms with Crippen molar-refractivity contribution in [2.45, 2.75) is 46.1 Å². The zero-order chi connectivity index (χ0) is 23.1. The molecule has 1 saturated heterocycles. The maximum absolute atomic E-state index is 12.9. The molecule has 2 aromatic rings. The number of hydrogen-bond acceptors (Lipinski definition) is 3. The average molecular weight is 436 g/mol. The van der Waals surface area contributed by atoms with Crippen molar-refractivity contribution in [2.24, 2.45) is 5.92 Å². The highest BCUT2D eigenvalue weighted by Gasteiger charge is 2.34. The standard InChI is InChI=1S/C26H33N3O3/c1-4-15-27-25(31)23(28-24(30)21-11-9-18(2)10-12-21)20-13-16-29(17-14-20)26(32)22-8-6-5-7-19(22)3/h5-12,20,23H,4,13-17H2,1-3H3,(H,27,31)(H,28,30)/t23-/m0/s1. The largest absolute Gasteiger partial charge is 0.354 e. The third-order valence-corrected chi connectivity index (χ3v) is 6.11. The van der Waals surface area contributed by atoms with E-state index in [4.69, 9.17) is 0 Å². The predicted molar refractivity (Wildman–Crippen MR) is 126 cm³/mol. The molecule has 0 bridgehead atoms. The molecule has 1 aliphatic rings. The molecule has 2 N–H and O–H groups in total. The van der Waals surface area contributed by atoms with E-state index in [0.717, 1.165) is 23.1 Å². The summed E-state index contributed by atoms with van der Waals surface area (Å²) in [7, 11) is 0. The Labute approximate surface area is 190 Å². The van der Waals surface area contributed by atoms with Crippen LogP contribution in [0.1, 0.15) is 58.0 Å². The third-order valence-electron chi connectivity index (χ3n) is 6.11. The minimum Gasteiger partial charge on any atom is -0.354 e. The van der Waals surface area contributed by atoms with Crippen molar-refractivity contribution in [3.05, 3.63) is 70.8 Å². The molecule has 0 saturated carbocycles. The van der Waals surface area contributed by atoms with Gasteiger partial charge in [-0.25, -0.2) is 0 Å². The molecule has 1 heterocycles. The fourth-order valence-corrected chi connectivity index (χ4v) is 4.10. The molecular weight excluding hydrogens is 402 g/mol. The minimum atomic E-state index is -0.619. The summed E-state index contributed by atoms with van der Waals surface area (Å²) in [6.07, 6.45) is 2.15. The summed E-state index contributed by atoms with van der Waals surface area (Å²) >= 11 is 0. The van der Waals surface area contributed by atoms with Crippen molar-refractivity contribution in [3.63, 3.8) is 0 Å². The van der Waals surface area contributed by atoms with Crippen LogP contribution in [-0.4, -0.2) is 48.3 Å². The molecule has 2 aromatic carbocycles. The van der Waals surface area contributed by atoms with Gasteiger partial charge in [0.15, 0.2) is 0 Å². The maximum Gasteiger partial charge on any atom is 0.254 e. The second kappa shape index (κ2) is 10.9. The van der Waals surface area contributed by atoms with Crippen LogP contribution in [0.4, 0.5) is 0 Å². The van der Waals surface area contributed by atoms with Gasteiger partial charge in [0.05, 0.1) is 0 Å². The van der Waals surface area contributed by atoms with Gasteiger partial charge < -0.3 is 15.5 Å². The SMILES string of the molecule is CCCNC(=O)[C@@H](NC(=O)c1ccc(C)cc1)C1CCN(C(=O)c2ccccc2C)CC1. The summed E-state index contributed by atoms with van der Waals surface area (Å²) in [6, 6.07) is 14.3. The zero-order valence-corrected chi connectivity index (χ0v) is 19.2. The van der Waals surface area contributed by atoms with Crippen LogP contribution in [0.5, 0.6) is 0 Å². The first-order chi connectivity index (χ1) is 15.4. The molecule has 0 aromatic heterocycles. The molecule has 6 nitrogen and oxygen atoms in total. The Hall–Kier alpha value is -3.15. The van der Waals surface area contributed by atoms with Gasteiger partial charge in [-0.15, -0.1) is 0 Å². The Morgan fingerprint density at radius 2 is 1.66 bits per heavy atom. The summed E-state index contributed by atoms with van der Waals surface area (Å²) in [5, 5.41) is 5.89. The van der Waals surface area contributed by atoms with Crippen molar-refractivity contribution in [3.8, 4) is 0 Å². The lowest BCUT2D eigenvalue weighted by Crippen LogP contribution is -2.54. The Kier molecular flexibility index (Phi) is 8.03. The van der Waals surface area contributed by atoms with Crippen molar-refractivity contribution in [2.75, 3.05) is 19.6 Å². The number of nitrogens with one attached hydrogen (secondary N) is 2. The fourth-order valence-electron chi connectivity index (χ4n) is 4.10. The van der Waals surface area contributed by atoms with E-state index in [1.807, 2.05) is 62.1 Å². The van der Waals surface area contributed by atoms with E-state index in [1.165, 1.54) is 0 Å². The number of carbonyl (C=O) groups excluding carboxylic acids is 3. The molecule has 32 heavy (non-hydrogen) atoms. The van der Waals surface area contributed by atoms with E-state index in [2.05, 4.69) is 10.6 Å². The van der Waals surface area contributed by atoms with Gasteiger partial charge in [0.1, 0.15) is 6.04 Å². The second-order valence-corrected chi connectivity index (χ2v) is 8.55. The molecule has 0 spiro atoms. The van der Waals surface area contributed by atoms with Gasteiger partial charge in [-0.1, -0.05) is 42.8 Å². The van der Waals surface area contributed by atoms with Crippen LogP contribution in [0.15, 0.2) is 48.5 Å². The van der Waals surface area contributed by atoms with Crippen LogP contribution < -0.4 is 10.6 Å². The molecule has 6 heteroatoms. The van der Waals surface area contributed by atoms with Crippen molar-refractivity contribution >= 4 is 17.7 Å². The van der Waals surface area contributed by atoms with Gasteiger partial charge in [-0.05, 0) is 62.8 Å². The van der Waals surface area contributed by atoms with Gasteiger partial charge in [-0.3, -0.25) is 14.4 Å². The Morgan fingerprint density at radius 1 is 1.00 bits per heavy atom. The number of amides is 3. The number of piperidine rings is 1. The molecule has 1 atom stereocenters. The van der Waals surface area contributed by atoms with E-state index in [0.29, 0.717) is 38.0 Å². The molecule has 3 rings (SSSR count). The lowest BCUT2D eigenvalue weighted by atomic mass is 9.88. The average Bonchev–Trinajstić information content (AvgIpc) is 2.81. The highest BCUT2D eigenvalue weighted by molar-refractivity contribution is 5.98. The maximum atomic E-state index is 12.9. The van der Waals surface area contributed by atoms with Gasteiger partial charge in [0.2, 0.25) is 5.91 Å².